The molecule has 0 saturated heterocycles. The Morgan fingerprint density at radius 2 is 1.64 bits per heavy atom. The van der Waals surface area contributed by atoms with Crippen LogP contribution in [0, 0.1) is 56.7 Å². The highest BCUT2D eigenvalue weighted by Crippen LogP contribution is 2.77. The maximum atomic E-state index is 13.0. The first-order chi connectivity index (χ1) is 21.2. The monoisotopic (exact) mass is 620 g/mol. The van der Waals surface area contributed by atoms with Gasteiger partial charge in [0.2, 0.25) is 0 Å². The van der Waals surface area contributed by atoms with Gasteiger partial charge < -0.3 is 25.2 Å². The SMILES string of the molecule is C=C(C)[C@@H]1CC[C@]2(CO)CC[C@]3(C)[C@H](CC[C@@H]4[C@@]5(C)CC[C@H](OC(=O)/C=C/c6ccc(O)c(O)c6)[C@@](C)(CO)[C@@H]5CC[C@]43C)[C@@H]12. The molecule has 248 valence electrons. The molecule has 45 heavy (non-hydrogen) atoms. The smallest absolute Gasteiger partial charge is 0.331 e. The number of benzene rings is 1. The molecule has 6 heteroatoms. The highest BCUT2D eigenvalue weighted by Gasteiger charge is 2.71. The molecular weight excluding hydrogens is 564 g/mol. The van der Waals surface area contributed by atoms with Crippen molar-refractivity contribution in [3.8, 4) is 11.5 Å². The van der Waals surface area contributed by atoms with Crippen LogP contribution in [0.25, 0.3) is 6.08 Å². The van der Waals surface area contributed by atoms with Crippen molar-refractivity contribution < 1.29 is 30.0 Å². The Hall–Kier alpha value is -2.31. The first-order valence-corrected chi connectivity index (χ1v) is 17.5. The van der Waals surface area contributed by atoms with E-state index in [1.54, 1.807) is 12.1 Å². The van der Waals surface area contributed by atoms with Crippen LogP contribution in [0.2, 0.25) is 0 Å². The van der Waals surface area contributed by atoms with E-state index in [4.69, 9.17) is 4.74 Å². The molecule has 5 aliphatic carbocycles. The molecular formula is C39H56O6. The summed E-state index contributed by atoms with van der Waals surface area (Å²) in [4.78, 5) is 13.0. The fraction of sp³-hybridized carbons (Fsp3) is 0.718. The number of hydrogen-bond acceptors (Lipinski definition) is 6. The van der Waals surface area contributed by atoms with Gasteiger partial charge in [-0.15, -0.1) is 0 Å². The third kappa shape index (κ3) is 4.66. The van der Waals surface area contributed by atoms with Gasteiger partial charge in [0.25, 0.3) is 0 Å². The van der Waals surface area contributed by atoms with Gasteiger partial charge in [-0.05, 0) is 146 Å². The minimum atomic E-state index is -0.540. The predicted molar refractivity (Wildman–Crippen MR) is 176 cm³/mol. The van der Waals surface area contributed by atoms with Gasteiger partial charge in [0.05, 0.1) is 6.61 Å². The number of aromatic hydroxyl groups is 2. The molecule has 0 radical (unpaired) electrons. The average molecular weight is 621 g/mol. The normalized spacial score (nSPS) is 45.7. The number of hydrogen-bond donors (Lipinski definition) is 4. The average Bonchev–Trinajstić information content (AvgIpc) is 3.40. The molecule has 0 aromatic heterocycles. The summed E-state index contributed by atoms with van der Waals surface area (Å²) in [6, 6.07) is 4.41. The molecule has 6 rings (SSSR count). The van der Waals surface area contributed by atoms with Crippen molar-refractivity contribution in [1.82, 2.24) is 0 Å². The molecule has 0 bridgehead atoms. The fourth-order valence-corrected chi connectivity index (χ4v) is 12.7. The van der Waals surface area contributed by atoms with Gasteiger partial charge in [-0.3, -0.25) is 0 Å². The number of phenols is 2. The van der Waals surface area contributed by atoms with Gasteiger partial charge >= 0.3 is 5.97 Å². The van der Waals surface area contributed by atoms with Gasteiger partial charge in [0.15, 0.2) is 11.5 Å². The van der Waals surface area contributed by atoms with E-state index in [0.29, 0.717) is 35.8 Å². The minimum absolute atomic E-state index is 0.0224. The molecule has 6 nitrogen and oxygen atoms in total. The second-order valence-corrected chi connectivity index (χ2v) is 16.9. The van der Waals surface area contributed by atoms with Crippen LogP contribution in [0.3, 0.4) is 0 Å². The second-order valence-electron chi connectivity index (χ2n) is 16.9. The lowest BCUT2D eigenvalue weighted by Gasteiger charge is -2.73. The highest BCUT2D eigenvalue weighted by atomic mass is 16.5. The van der Waals surface area contributed by atoms with E-state index in [1.807, 2.05) is 0 Å². The summed E-state index contributed by atoms with van der Waals surface area (Å²) in [6.45, 7) is 16.7. The number of ether oxygens (including phenoxy) is 1. The van der Waals surface area contributed by atoms with E-state index in [0.717, 1.165) is 44.9 Å². The van der Waals surface area contributed by atoms with Crippen LogP contribution in [0.1, 0.15) is 104 Å². The van der Waals surface area contributed by atoms with Crippen LogP contribution in [0.15, 0.2) is 36.4 Å². The van der Waals surface area contributed by atoms with Crippen LogP contribution >= 0.6 is 0 Å². The minimum Gasteiger partial charge on any atom is -0.504 e. The van der Waals surface area contributed by atoms with Crippen molar-refractivity contribution in [2.75, 3.05) is 13.2 Å². The molecule has 0 heterocycles. The topological polar surface area (TPSA) is 107 Å². The standard InChI is InChI=1S/C39H56O6/c1-24(2)26-13-18-39(23-41)20-19-37(5)27(34(26)39)9-11-31-35(3)16-15-32(36(4,22-40)30(35)14-17-38(31,37)6)45-33(44)12-8-25-7-10-28(42)29(43)21-25/h7-8,10,12,21,26-27,30-32,34,40-43H,1,9,11,13-20,22-23H2,2-6H3/b12-8+/t26-,27+,30+,31+,32-,34+,35-,36-,37+,38+,39+/m0/s1. The molecule has 0 spiro atoms. The summed E-state index contributed by atoms with van der Waals surface area (Å²) in [7, 11) is 0. The van der Waals surface area contributed by atoms with Crippen LogP contribution < -0.4 is 0 Å². The Bertz CT molecular complexity index is 1370. The summed E-state index contributed by atoms with van der Waals surface area (Å²) in [5.74, 6) is 1.48. The number of carbonyl (C=O) groups excluding carboxylic acids is 1. The van der Waals surface area contributed by atoms with E-state index in [9.17, 15) is 25.2 Å². The van der Waals surface area contributed by atoms with Crippen molar-refractivity contribution in [3.63, 3.8) is 0 Å². The molecule has 1 aromatic carbocycles. The number of aliphatic hydroxyl groups excluding tert-OH is 2. The van der Waals surface area contributed by atoms with Crippen molar-refractivity contribution in [1.29, 1.82) is 0 Å². The van der Waals surface area contributed by atoms with E-state index in [2.05, 4.69) is 41.2 Å². The zero-order valence-electron chi connectivity index (χ0n) is 28.1. The molecule has 0 aliphatic heterocycles. The number of rotatable bonds is 6. The van der Waals surface area contributed by atoms with Crippen LogP contribution in [-0.2, 0) is 9.53 Å². The second kappa shape index (κ2) is 11.1. The summed E-state index contributed by atoms with van der Waals surface area (Å²) < 4.78 is 6.11. The zero-order valence-corrected chi connectivity index (χ0v) is 28.1. The van der Waals surface area contributed by atoms with Crippen LogP contribution in [-0.4, -0.2) is 45.7 Å². The Kier molecular flexibility index (Phi) is 8.08. The third-order valence-corrected chi connectivity index (χ3v) is 15.3. The van der Waals surface area contributed by atoms with E-state index in [1.165, 1.54) is 43.0 Å². The first kappa shape index (κ1) is 32.6. The van der Waals surface area contributed by atoms with Gasteiger partial charge in [0.1, 0.15) is 6.10 Å². The molecule has 5 aliphatic rings. The quantitative estimate of drug-likeness (QED) is 0.113. The van der Waals surface area contributed by atoms with Crippen molar-refractivity contribution >= 4 is 12.0 Å². The zero-order chi connectivity index (χ0) is 32.6. The molecule has 1 aromatic rings. The number of allylic oxidation sites excluding steroid dienone is 1. The van der Waals surface area contributed by atoms with Crippen molar-refractivity contribution in [2.45, 2.75) is 105 Å². The first-order valence-electron chi connectivity index (χ1n) is 17.5. The molecule has 0 unspecified atom stereocenters. The highest BCUT2D eigenvalue weighted by molar-refractivity contribution is 5.87. The molecule has 11 atom stereocenters. The summed E-state index contributed by atoms with van der Waals surface area (Å²) in [5, 5.41) is 41.2. The number of carbonyl (C=O) groups is 1. The lowest BCUT2D eigenvalue weighted by Crippen LogP contribution is -2.67. The van der Waals surface area contributed by atoms with E-state index < -0.39 is 11.4 Å². The van der Waals surface area contributed by atoms with Gasteiger partial charge in [-0.2, -0.15) is 0 Å². The Labute approximate surface area is 270 Å². The Balaban J connectivity index is 1.25. The maximum Gasteiger partial charge on any atom is 0.331 e. The van der Waals surface area contributed by atoms with Crippen LogP contribution in [0.5, 0.6) is 11.5 Å². The Morgan fingerprint density at radius 1 is 0.889 bits per heavy atom. The summed E-state index contributed by atoms with van der Waals surface area (Å²) in [5.41, 5.74) is 1.79. The van der Waals surface area contributed by atoms with Crippen molar-refractivity contribution in [2.24, 2.45) is 56.7 Å². The van der Waals surface area contributed by atoms with Gasteiger partial charge in [-0.1, -0.05) is 45.9 Å². The summed E-state index contributed by atoms with van der Waals surface area (Å²) >= 11 is 0. The molecule has 0 amide bonds. The predicted octanol–water partition coefficient (Wildman–Crippen LogP) is 7.65. The molecule has 5 fully saturated rings. The number of fused-ring (bicyclic) bond motifs is 7. The van der Waals surface area contributed by atoms with Crippen LogP contribution in [0.4, 0.5) is 0 Å². The lowest BCUT2D eigenvalue weighted by molar-refractivity contribution is -0.257. The Morgan fingerprint density at radius 3 is 2.31 bits per heavy atom. The maximum absolute atomic E-state index is 13.0. The van der Waals surface area contributed by atoms with Gasteiger partial charge in [-0.25, -0.2) is 4.79 Å². The number of aliphatic hydroxyl groups is 2. The van der Waals surface area contributed by atoms with Crippen molar-refractivity contribution in [3.05, 3.63) is 42.0 Å². The molecule has 5 saturated carbocycles. The van der Waals surface area contributed by atoms with E-state index >= 15 is 0 Å². The molecule has 4 N–H and O–H groups in total. The number of phenolic OH excluding ortho intramolecular Hbond substituents is 2. The van der Waals surface area contributed by atoms with Gasteiger partial charge in [0, 0.05) is 18.1 Å². The lowest BCUT2D eigenvalue weighted by atomic mass is 9.32. The largest absolute Gasteiger partial charge is 0.504 e. The third-order valence-electron chi connectivity index (χ3n) is 15.3. The fourth-order valence-electron chi connectivity index (χ4n) is 12.7. The summed E-state index contributed by atoms with van der Waals surface area (Å²) in [6.07, 6.45) is 13.3. The van der Waals surface area contributed by atoms with E-state index in [-0.39, 0.29) is 51.8 Å². The number of esters is 1.